The zero-order valence-corrected chi connectivity index (χ0v) is 13.6. The molecule has 5 heteroatoms. The summed E-state index contributed by atoms with van der Waals surface area (Å²) in [7, 11) is 0. The van der Waals surface area contributed by atoms with Crippen LogP contribution in [0.15, 0.2) is 24.3 Å². The average molecular weight is 306 g/mol. The summed E-state index contributed by atoms with van der Waals surface area (Å²) in [5.41, 5.74) is 1.02. The number of carbonyl (C=O) groups excluding carboxylic acids is 1. The van der Waals surface area contributed by atoms with Crippen molar-refractivity contribution in [3.8, 4) is 5.75 Å². The highest BCUT2D eigenvalue weighted by atomic mass is 16.5. The van der Waals surface area contributed by atoms with Crippen LogP contribution in [0.5, 0.6) is 5.75 Å². The lowest BCUT2D eigenvalue weighted by Crippen LogP contribution is -2.39. The Bertz CT molecular complexity index is 504. The normalized spacial score (nSPS) is 19.3. The Morgan fingerprint density at radius 2 is 2.23 bits per heavy atom. The second kappa shape index (κ2) is 7.49. The summed E-state index contributed by atoms with van der Waals surface area (Å²) >= 11 is 0. The number of hydrogen-bond donors (Lipinski definition) is 2. The molecule has 1 aromatic carbocycles. The van der Waals surface area contributed by atoms with Crippen molar-refractivity contribution in [2.24, 2.45) is 5.92 Å². The molecule has 1 saturated heterocycles. The maximum Gasteiger partial charge on any atom is 0.317 e. The molecule has 0 saturated carbocycles. The van der Waals surface area contributed by atoms with Gasteiger partial charge in [-0.15, -0.1) is 0 Å². The highest BCUT2D eigenvalue weighted by Crippen LogP contribution is 2.21. The van der Waals surface area contributed by atoms with Gasteiger partial charge in [0.05, 0.1) is 12.1 Å². The van der Waals surface area contributed by atoms with Crippen molar-refractivity contribution in [3.63, 3.8) is 0 Å². The van der Waals surface area contributed by atoms with Crippen LogP contribution in [-0.2, 0) is 0 Å². The van der Waals surface area contributed by atoms with E-state index >= 15 is 0 Å². The third-order valence-electron chi connectivity index (χ3n) is 3.90. The lowest BCUT2D eigenvalue weighted by Gasteiger charge is -2.21. The first-order valence-electron chi connectivity index (χ1n) is 7.92. The summed E-state index contributed by atoms with van der Waals surface area (Å²) in [5, 5.41) is 12.2. The van der Waals surface area contributed by atoms with E-state index in [0.29, 0.717) is 13.1 Å². The molecular weight excluding hydrogens is 280 g/mol. The molecule has 0 bridgehead atoms. The molecule has 2 amide bonds. The molecule has 0 aliphatic carbocycles. The Hall–Kier alpha value is -1.75. The van der Waals surface area contributed by atoms with Crippen LogP contribution in [-0.4, -0.2) is 41.8 Å². The van der Waals surface area contributed by atoms with Crippen LogP contribution in [0.1, 0.15) is 38.8 Å². The van der Waals surface area contributed by atoms with Crippen LogP contribution in [0.3, 0.4) is 0 Å². The van der Waals surface area contributed by atoms with E-state index in [4.69, 9.17) is 9.84 Å². The van der Waals surface area contributed by atoms with Gasteiger partial charge in [0, 0.05) is 25.6 Å². The molecule has 2 unspecified atom stereocenters. The molecule has 5 nitrogen and oxygen atoms in total. The Balaban J connectivity index is 1.94. The minimum atomic E-state index is -0.0867. The van der Waals surface area contributed by atoms with Gasteiger partial charge < -0.3 is 20.1 Å². The molecule has 122 valence electrons. The van der Waals surface area contributed by atoms with Gasteiger partial charge in [-0.25, -0.2) is 4.79 Å². The molecular formula is C17H26N2O3. The van der Waals surface area contributed by atoms with Gasteiger partial charge in [-0.05, 0) is 44.9 Å². The van der Waals surface area contributed by atoms with Crippen molar-refractivity contribution < 1.29 is 14.6 Å². The molecule has 2 N–H and O–H groups in total. The number of amides is 2. The third-order valence-corrected chi connectivity index (χ3v) is 3.90. The van der Waals surface area contributed by atoms with Crippen molar-refractivity contribution >= 4 is 6.03 Å². The smallest absolute Gasteiger partial charge is 0.317 e. The van der Waals surface area contributed by atoms with Gasteiger partial charge in [-0.2, -0.15) is 0 Å². The van der Waals surface area contributed by atoms with Gasteiger partial charge in [0.25, 0.3) is 0 Å². The van der Waals surface area contributed by atoms with E-state index in [1.807, 2.05) is 45.0 Å². The molecule has 0 aromatic heterocycles. The summed E-state index contributed by atoms with van der Waals surface area (Å²) in [6, 6.07) is 7.65. The topological polar surface area (TPSA) is 61.8 Å². The van der Waals surface area contributed by atoms with Crippen LogP contribution in [0.4, 0.5) is 4.79 Å². The number of aliphatic hydroxyl groups excluding tert-OH is 1. The predicted octanol–water partition coefficient (Wildman–Crippen LogP) is 2.56. The van der Waals surface area contributed by atoms with E-state index in [1.165, 1.54) is 0 Å². The number of hydrogen-bond acceptors (Lipinski definition) is 3. The third kappa shape index (κ3) is 4.37. The highest BCUT2D eigenvalue weighted by molar-refractivity contribution is 5.75. The van der Waals surface area contributed by atoms with E-state index < -0.39 is 0 Å². The lowest BCUT2D eigenvalue weighted by atomic mass is 10.1. The van der Waals surface area contributed by atoms with E-state index in [0.717, 1.165) is 17.7 Å². The second-order valence-electron chi connectivity index (χ2n) is 6.19. The fraction of sp³-hybridized carbons (Fsp3) is 0.588. The fourth-order valence-corrected chi connectivity index (χ4v) is 2.66. The Morgan fingerprint density at radius 1 is 1.45 bits per heavy atom. The minimum absolute atomic E-state index is 0.0707. The van der Waals surface area contributed by atoms with Crippen molar-refractivity contribution in [3.05, 3.63) is 29.8 Å². The van der Waals surface area contributed by atoms with Gasteiger partial charge in [0.2, 0.25) is 0 Å². The quantitative estimate of drug-likeness (QED) is 0.879. The highest BCUT2D eigenvalue weighted by Gasteiger charge is 2.26. The van der Waals surface area contributed by atoms with E-state index in [1.54, 1.807) is 4.90 Å². The number of ether oxygens (including phenoxy) is 1. The maximum absolute atomic E-state index is 12.3. The molecule has 22 heavy (non-hydrogen) atoms. The lowest BCUT2D eigenvalue weighted by molar-refractivity contribution is 0.195. The molecule has 1 heterocycles. The molecule has 0 radical (unpaired) electrons. The molecule has 1 aliphatic heterocycles. The SMILES string of the molecule is CC(C)Oc1cccc(C(C)NC(=O)N2CCC(CO)C2)c1. The summed E-state index contributed by atoms with van der Waals surface area (Å²) < 4.78 is 5.69. The van der Waals surface area contributed by atoms with Gasteiger partial charge >= 0.3 is 6.03 Å². The van der Waals surface area contributed by atoms with E-state index in [9.17, 15) is 4.79 Å². The van der Waals surface area contributed by atoms with Gasteiger partial charge in [-0.3, -0.25) is 0 Å². The first-order valence-corrected chi connectivity index (χ1v) is 7.92. The number of benzene rings is 1. The minimum Gasteiger partial charge on any atom is -0.491 e. The monoisotopic (exact) mass is 306 g/mol. The first kappa shape index (κ1) is 16.6. The van der Waals surface area contributed by atoms with Crippen molar-refractivity contribution in [1.29, 1.82) is 0 Å². The van der Waals surface area contributed by atoms with Crippen LogP contribution < -0.4 is 10.1 Å². The zero-order valence-electron chi connectivity index (χ0n) is 13.6. The van der Waals surface area contributed by atoms with Gasteiger partial charge in [0.1, 0.15) is 5.75 Å². The van der Waals surface area contributed by atoms with Crippen LogP contribution in [0.25, 0.3) is 0 Å². The molecule has 1 aliphatic rings. The van der Waals surface area contributed by atoms with Crippen molar-refractivity contribution in [2.45, 2.75) is 39.3 Å². The fourth-order valence-electron chi connectivity index (χ4n) is 2.66. The Kier molecular flexibility index (Phi) is 5.66. The predicted molar refractivity (Wildman–Crippen MR) is 85.9 cm³/mol. The van der Waals surface area contributed by atoms with Crippen LogP contribution in [0.2, 0.25) is 0 Å². The zero-order chi connectivity index (χ0) is 16.1. The summed E-state index contributed by atoms with van der Waals surface area (Å²) in [6.45, 7) is 7.43. The molecule has 1 fully saturated rings. The van der Waals surface area contributed by atoms with Crippen molar-refractivity contribution in [1.82, 2.24) is 10.2 Å². The molecule has 2 rings (SSSR count). The number of nitrogens with one attached hydrogen (secondary N) is 1. The summed E-state index contributed by atoms with van der Waals surface area (Å²) in [4.78, 5) is 14.0. The number of rotatable bonds is 5. The maximum atomic E-state index is 12.3. The van der Waals surface area contributed by atoms with Crippen LogP contribution >= 0.6 is 0 Å². The second-order valence-corrected chi connectivity index (χ2v) is 6.19. The van der Waals surface area contributed by atoms with Crippen LogP contribution in [0, 0.1) is 5.92 Å². The summed E-state index contributed by atoms with van der Waals surface area (Å²) in [5.74, 6) is 1.03. The number of likely N-dealkylation sites (tertiary alicyclic amines) is 1. The van der Waals surface area contributed by atoms with Gasteiger partial charge in [-0.1, -0.05) is 12.1 Å². The standard InChI is InChI=1S/C17H26N2O3/c1-12(2)22-16-6-4-5-15(9-16)13(3)18-17(21)19-8-7-14(10-19)11-20/h4-6,9,12-14,20H,7-8,10-11H2,1-3H3,(H,18,21). The molecule has 2 atom stereocenters. The Morgan fingerprint density at radius 3 is 2.86 bits per heavy atom. The number of nitrogens with zero attached hydrogens (tertiary/aromatic N) is 1. The number of urea groups is 1. The number of aliphatic hydroxyl groups is 1. The molecule has 0 spiro atoms. The molecule has 1 aromatic rings. The van der Waals surface area contributed by atoms with Gasteiger partial charge in [0.15, 0.2) is 0 Å². The van der Waals surface area contributed by atoms with E-state index in [2.05, 4.69) is 5.32 Å². The summed E-state index contributed by atoms with van der Waals surface area (Å²) in [6.07, 6.45) is 0.996. The average Bonchev–Trinajstić information content (AvgIpc) is 2.95. The Labute approximate surface area is 132 Å². The number of carbonyl (C=O) groups is 1. The largest absolute Gasteiger partial charge is 0.491 e. The van der Waals surface area contributed by atoms with E-state index in [-0.39, 0.29) is 30.7 Å². The first-order chi connectivity index (χ1) is 10.5. The van der Waals surface area contributed by atoms with Crippen molar-refractivity contribution in [2.75, 3.05) is 19.7 Å².